The van der Waals surface area contributed by atoms with Crippen molar-refractivity contribution in [3.8, 4) is 0 Å². The van der Waals surface area contributed by atoms with Crippen molar-refractivity contribution in [2.24, 2.45) is 0 Å². The Hall–Kier alpha value is -0.980. The summed E-state index contributed by atoms with van der Waals surface area (Å²) in [5, 5.41) is 10.00. The smallest absolute Gasteiger partial charge is 0.173 e. The van der Waals surface area contributed by atoms with Crippen molar-refractivity contribution in [3.63, 3.8) is 0 Å². The summed E-state index contributed by atoms with van der Waals surface area (Å²) in [5.74, 6) is 0.428. The fourth-order valence-electron chi connectivity index (χ4n) is 1.77. The van der Waals surface area contributed by atoms with E-state index in [0.29, 0.717) is 12.2 Å². The van der Waals surface area contributed by atoms with Gasteiger partial charge in [-0.1, -0.05) is 31.2 Å². The zero-order valence-electron chi connectivity index (χ0n) is 8.97. The minimum Gasteiger partial charge on any atom is -0.490 e. The summed E-state index contributed by atoms with van der Waals surface area (Å²) in [4.78, 5) is 0. The Morgan fingerprint density at radius 3 is 2.86 bits per heavy atom. The molecule has 1 N–H and O–H groups in total. The van der Waals surface area contributed by atoms with E-state index in [1.54, 1.807) is 0 Å². The molecule has 0 saturated carbocycles. The van der Waals surface area contributed by atoms with Crippen LogP contribution in [0.15, 0.2) is 29.7 Å². The van der Waals surface area contributed by atoms with E-state index in [-0.39, 0.29) is 0 Å². The first-order valence-electron chi connectivity index (χ1n) is 5.03. The van der Waals surface area contributed by atoms with Gasteiger partial charge in [-0.2, -0.15) is 0 Å². The van der Waals surface area contributed by atoms with Gasteiger partial charge < -0.3 is 9.84 Å². The van der Waals surface area contributed by atoms with E-state index in [9.17, 15) is 5.11 Å². The summed E-state index contributed by atoms with van der Waals surface area (Å²) in [5.41, 5.74) is 2.99. The molecule has 0 bridgehead atoms. The number of ether oxygens (including phenoxy) is 1. The lowest BCUT2D eigenvalue weighted by Crippen LogP contribution is -2.37. The highest BCUT2D eigenvalue weighted by Crippen LogP contribution is 2.38. The van der Waals surface area contributed by atoms with Gasteiger partial charge in [0.2, 0.25) is 0 Å². The van der Waals surface area contributed by atoms with Crippen LogP contribution < -0.4 is 0 Å². The lowest BCUT2D eigenvalue weighted by molar-refractivity contribution is 0.0470. The molecule has 0 aromatic heterocycles. The summed E-state index contributed by atoms with van der Waals surface area (Å²) in [7, 11) is 1.53. The number of aliphatic hydroxyl groups is 1. The van der Waals surface area contributed by atoms with E-state index >= 15 is 0 Å². The quantitative estimate of drug-likeness (QED) is 0.414. The summed E-state index contributed by atoms with van der Waals surface area (Å²) in [6, 6.07) is 0. The van der Waals surface area contributed by atoms with Crippen LogP contribution in [0.3, 0.4) is 0 Å². The van der Waals surface area contributed by atoms with Crippen LogP contribution in [0, 0.1) is 0 Å². The molecule has 78 valence electrons. The summed E-state index contributed by atoms with van der Waals surface area (Å²) >= 11 is 0. The van der Waals surface area contributed by atoms with Crippen molar-refractivity contribution in [2.75, 3.05) is 7.11 Å². The van der Waals surface area contributed by atoms with Crippen LogP contribution in [0.2, 0.25) is 0 Å². The molecule has 0 amide bonds. The van der Waals surface area contributed by atoms with Crippen molar-refractivity contribution in [3.05, 3.63) is 29.7 Å². The minimum absolute atomic E-state index is 0.428. The highest BCUT2D eigenvalue weighted by molar-refractivity contribution is 5.35. The highest BCUT2D eigenvalue weighted by atomic mass is 16.5. The molecule has 0 aromatic carbocycles. The largest absolute Gasteiger partial charge is 0.490 e. The van der Waals surface area contributed by atoms with Gasteiger partial charge >= 0.3 is 0 Å². The lowest BCUT2D eigenvalue weighted by atomic mass is 9.78. The van der Waals surface area contributed by atoms with Crippen LogP contribution in [-0.2, 0) is 4.74 Å². The molecule has 1 aliphatic rings. The second-order valence-corrected chi connectivity index (χ2v) is 3.72. The van der Waals surface area contributed by atoms with Gasteiger partial charge in [0.05, 0.1) is 7.11 Å². The third-order valence-corrected chi connectivity index (χ3v) is 2.55. The second-order valence-electron chi connectivity index (χ2n) is 3.72. The van der Waals surface area contributed by atoms with E-state index in [1.165, 1.54) is 25.5 Å². The number of methoxy groups -OCH3 is 1. The summed E-state index contributed by atoms with van der Waals surface area (Å²) in [6.07, 6.45) is 5.97. The Morgan fingerprint density at radius 1 is 1.79 bits per heavy atom. The van der Waals surface area contributed by atoms with Crippen LogP contribution in [0.1, 0.15) is 32.6 Å². The summed E-state index contributed by atoms with van der Waals surface area (Å²) < 4.78 is 5.01. The number of hydrogen-bond acceptors (Lipinski definition) is 2. The first kappa shape index (κ1) is 11.1. The van der Waals surface area contributed by atoms with Crippen molar-refractivity contribution >= 4 is 0 Å². The molecule has 0 saturated heterocycles. The first-order chi connectivity index (χ1) is 6.66. The Bertz CT molecular complexity index is 285. The van der Waals surface area contributed by atoms with E-state index < -0.39 is 5.60 Å². The van der Waals surface area contributed by atoms with Crippen molar-refractivity contribution < 1.29 is 9.84 Å². The molecule has 2 nitrogen and oxygen atoms in total. The topological polar surface area (TPSA) is 29.5 Å². The van der Waals surface area contributed by atoms with Gasteiger partial charge in [-0.25, -0.2) is 0 Å². The third-order valence-electron chi connectivity index (χ3n) is 2.55. The average Bonchev–Trinajstić information content (AvgIpc) is 2.13. The van der Waals surface area contributed by atoms with Gasteiger partial charge in [-0.15, -0.1) is 0 Å². The molecule has 0 heterocycles. The van der Waals surface area contributed by atoms with Crippen molar-refractivity contribution in [1.29, 1.82) is 0 Å². The van der Waals surface area contributed by atoms with E-state index in [0.717, 1.165) is 6.42 Å². The fraction of sp³-hybridized carbons (Fsp3) is 0.583. The molecule has 0 fully saturated rings. The standard InChI is InChI=1S/C12H18O2/c1-4-6-7-10-8-12(13,9-10)11(5-2)14-3/h8,13H,2,4,6-7,9H2,1,3H3. The molecule has 1 atom stereocenters. The molecule has 0 aromatic rings. The van der Waals surface area contributed by atoms with Gasteiger partial charge in [0.1, 0.15) is 0 Å². The predicted molar refractivity (Wildman–Crippen MR) is 56.8 cm³/mol. The molecule has 1 unspecified atom stereocenters. The van der Waals surface area contributed by atoms with Crippen LogP contribution in [-0.4, -0.2) is 17.8 Å². The lowest BCUT2D eigenvalue weighted by Gasteiger charge is -2.35. The fourth-order valence-corrected chi connectivity index (χ4v) is 1.77. The Morgan fingerprint density at radius 2 is 2.43 bits per heavy atom. The number of rotatable bonds is 5. The normalized spacial score (nSPS) is 24.6. The maximum absolute atomic E-state index is 10.00. The van der Waals surface area contributed by atoms with E-state index in [1.807, 2.05) is 6.08 Å². The first-order valence-corrected chi connectivity index (χ1v) is 5.03. The van der Waals surface area contributed by atoms with Crippen LogP contribution in [0.25, 0.3) is 0 Å². The Balaban J connectivity index is 2.59. The van der Waals surface area contributed by atoms with Crippen LogP contribution >= 0.6 is 0 Å². The minimum atomic E-state index is -0.931. The van der Waals surface area contributed by atoms with Gasteiger partial charge in [0.25, 0.3) is 0 Å². The second kappa shape index (κ2) is 4.50. The zero-order valence-corrected chi connectivity index (χ0v) is 8.97. The van der Waals surface area contributed by atoms with Crippen molar-refractivity contribution in [1.82, 2.24) is 0 Å². The van der Waals surface area contributed by atoms with E-state index in [4.69, 9.17) is 4.74 Å². The molecular formula is C12H18O2. The van der Waals surface area contributed by atoms with Gasteiger partial charge in [-0.3, -0.25) is 0 Å². The van der Waals surface area contributed by atoms with Crippen LogP contribution in [0.5, 0.6) is 0 Å². The predicted octanol–water partition coefficient (Wildman–Crippen LogP) is 2.55. The Kier molecular flexibility index (Phi) is 3.56. The SMILES string of the molecule is C=C=C(OC)C1(O)C=C(CCCC)C1. The number of hydrogen-bond donors (Lipinski definition) is 1. The molecule has 1 aliphatic carbocycles. The maximum Gasteiger partial charge on any atom is 0.173 e. The molecule has 14 heavy (non-hydrogen) atoms. The number of unbranched alkanes of at least 4 members (excludes halogenated alkanes) is 1. The average molecular weight is 194 g/mol. The van der Waals surface area contributed by atoms with Gasteiger partial charge in [0.15, 0.2) is 11.4 Å². The molecule has 2 heteroatoms. The molecule has 0 radical (unpaired) electrons. The van der Waals surface area contributed by atoms with Crippen molar-refractivity contribution in [2.45, 2.75) is 38.2 Å². The van der Waals surface area contributed by atoms with Gasteiger partial charge in [-0.05, 0) is 18.9 Å². The monoisotopic (exact) mass is 194 g/mol. The third kappa shape index (κ3) is 2.09. The zero-order chi connectivity index (χ0) is 10.6. The Labute approximate surface area is 85.6 Å². The van der Waals surface area contributed by atoms with Gasteiger partial charge in [0, 0.05) is 6.42 Å². The molecule has 0 aliphatic heterocycles. The molecular weight excluding hydrogens is 176 g/mol. The molecule has 0 spiro atoms. The highest BCUT2D eigenvalue weighted by Gasteiger charge is 2.38. The van der Waals surface area contributed by atoms with E-state index in [2.05, 4.69) is 19.2 Å². The maximum atomic E-state index is 10.00. The van der Waals surface area contributed by atoms with Crippen LogP contribution in [0.4, 0.5) is 0 Å². The summed E-state index contributed by atoms with van der Waals surface area (Å²) in [6.45, 7) is 5.65. The molecule has 1 rings (SSSR count).